The van der Waals surface area contributed by atoms with E-state index in [1.807, 2.05) is 0 Å². The molecular formula is C17H17F3N2O3S. The third-order valence-corrected chi connectivity index (χ3v) is 5.04. The third kappa shape index (κ3) is 4.83. The molecule has 9 heteroatoms. The maximum Gasteiger partial charge on any atom is 0.341 e. The molecule has 0 heterocycles. The molecular weight excluding hydrogens is 369 g/mol. The summed E-state index contributed by atoms with van der Waals surface area (Å²) in [5.41, 5.74) is 0.672. The van der Waals surface area contributed by atoms with Crippen LogP contribution in [-0.4, -0.2) is 26.6 Å². The van der Waals surface area contributed by atoms with E-state index >= 15 is 0 Å². The van der Waals surface area contributed by atoms with Crippen molar-refractivity contribution in [2.24, 2.45) is 0 Å². The largest absolute Gasteiger partial charge is 0.341 e. The zero-order valence-electron chi connectivity index (χ0n) is 13.7. The first-order valence-electron chi connectivity index (χ1n) is 7.61. The molecule has 5 nitrogen and oxygen atoms in total. The second-order valence-electron chi connectivity index (χ2n) is 5.50. The summed E-state index contributed by atoms with van der Waals surface area (Å²) >= 11 is 0. The summed E-state index contributed by atoms with van der Waals surface area (Å²) in [6.45, 7) is 1.59. The Morgan fingerprint density at radius 2 is 1.69 bits per heavy atom. The van der Waals surface area contributed by atoms with Crippen molar-refractivity contribution in [2.45, 2.75) is 23.6 Å². The quantitative estimate of drug-likeness (QED) is 0.767. The molecule has 140 valence electrons. The van der Waals surface area contributed by atoms with Gasteiger partial charge < -0.3 is 10.6 Å². The van der Waals surface area contributed by atoms with Crippen molar-refractivity contribution in [3.8, 4) is 0 Å². The van der Waals surface area contributed by atoms with Gasteiger partial charge in [-0.05, 0) is 37.3 Å². The van der Waals surface area contributed by atoms with Crippen LogP contribution < -0.4 is 10.6 Å². The molecule has 0 saturated heterocycles. The van der Waals surface area contributed by atoms with E-state index in [0.29, 0.717) is 5.56 Å². The zero-order chi connectivity index (χ0) is 19.3. The lowest BCUT2D eigenvalue weighted by Crippen LogP contribution is -2.30. The van der Waals surface area contributed by atoms with E-state index in [2.05, 4.69) is 10.6 Å². The lowest BCUT2D eigenvalue weighted by molar-refractivity contribution is -0.115. The molecule has 1 atom stereocenters. The van der Waals surface area contributed by atoms with Crippen LogP contribution >= 0.6 is 0 Å². The van der Waals surface area contributed by atoms with Crippen LogP contribution in [0, 0.1) is 5.82 Å². The molecule has 0 bridgehead atoms. The van der Waals surface area contributed by atoms with Crippen LogP contribution in [0.1, 0.15) is 18.5 Å². The number of sulfone groups is 1. The Morgan fingerprint density at radius 3 is 2.27 bits per heavy atom. The molecule has 1 amide bonds. The molecule has 0 radical (unpaired) electrons. The van der Waals surface area contributed by atoms with Gasteiger partial charge in [0.1, 0.15) is 5.82 Å². The third-order valence-electron chi connectivity index (χ3n) is 3.64. The van der Waals surface area contributed by atoms with Gasteiger partial charge in [0.05, 0.1) is 11.4 Å². The first-order chi connectivity index (χ1) is 12.2. The van der Waals surface area contributed by atoms with Crippen LogP contribution in [-0.2, 0) is 14.6 Å². The van der Waals surface area contributed by atoms with Crippen LogP contribution in [0.25, 0.3) is 0 Å². The SMILES string of the molecule is CC(NCC(=O)Nc1ccc(S(=O)(=O)C(F)F)cc1)c1ccccc1F. The first kappa shape index (κ1) is 19.9. The fraction of sp³-hybridized carbons (Fsp3) is 0.235. The van der Waals surface area contributed by atoms with Gasteiger partial charge in [-0.1, -0.05) is 18.2 Å². The minimum Gasteiger partial charge on any atom is -0.325 e. The summed E-state index contributed by atoms with van der Waals surface area (Å²) < 4.78 is 61.2. The maximum atomic E-state index is 13.7. The summed E-state index contributed by atoms with van der Waals surface area (Å²) in [5, 5.41) is 5.36. The fourth-order valence-electron chi connectivity index (χ4n) is 2.22. The minimum atomic E-state index is -4.67. The second-order valence-corrected chi connectivity index (χ2v) is 7.42. The van der Waals surface area contributed by atoms with Gasteiger partial charge in [-0.15, -0.1) is 0 Å². The monoisotopic (exact) mass is 386 g/mol. The van der Waals surface area contributed by atoms with Gasteiger partial charge in [0.2, 0.25) is 15.7 Å². The smallest absolute Gasteiger partial charge is 0.325 e. The number of nitrogens with one attached hydrogen (secondary N) is 2. The van der Waals surface area contributed by atoms with Crippen LogP contribution in [0.2, 0.25) is 0 Å². The van der Waals surface area contributed by atoms with Gasteiger partial charge in [-0.3, -0.25) is 4.79 Å². The Hall–Kier alpha value is -2.39. The summed E-state index contributed by atoms with van der Waals surface area (Å²) in [6, 6.07) is 10.2. The Labute approximate surface area is 149 Å². The number of hydrogen-bond acceptors (Lipinski definition) is 4. The molecule has 0 fully saturated rings. The molecule has 2 N–H and O–H groups in total. The molecule has 0 aliphatic carbocycles. The molecule has 0 spiro atoms. The molecule has 1 unspecified atom stereocenters. The predicted octanol–water partition coefficient (Wildman–Crippen LogP) is 3.11. The van der Waals surface area contributed by atoms with Crippen LogP contribution in [0.5, 0.6) is 0 Å². The number of hydrogen-bond donors (Lipinski definition) is 2. The molecule has 0 aliphatic heterocycles. The summed E-state index contributed by atoms with van der Waals surface area (Å²) in [4.78, 5) is 11.4. The Balaban J connectivity index is 1.93. The molecule has 2 aromatic carbocycles. The molecule has 26 heavy (non-hydrogen) atoms. The van der Waals surface area contributed by atoms with Gasteiger partial charge in [-0.2, -0.15) is 8.78 Å². The van der Waals surface area contributed by atoms with E-state index < -0.39 is 32.4 Å². The van der Waals surface area contributed by atoms with E-state index in [9.17, 15) is 26.4 Å². The standard InChI is InChI=1S/C17H17F3N2O3S/c1-11(14-4-2-3-5-15(14)18)21-10-16(23)22-12-6-8-13(9-7-12)26(24,25)17(19)20/h2-9,11,17,21H,10H2,1H3,(H,22,23). The normalized spacial score (nSPS) is 12.8. The van der Waals surface area contributed by atoms with Crippen molar-refractivity contribution < 1.29 is 26.4 Å². The van der Waals surface area contributed by atoms with E-state index in [4.69, 9.17) is 0 Å². The zero-order valence-corrected chi connectivity index (χ0v) is 14.6. The number of alkyl halides is 2. The van der Waals surface area contributed by atoms with Crippen molar-refractivity contribution >= 4 is 21.4 Å². The second kappa shape index (κ2) is 8.33. The van der Waals surface area contributed by atoms with E-state index in [1.165, 1.54) is 18.2 Å². The van der Waals surface area contributed by atoms with Crippen molar-refractivity contribution in [3.05, 3.63) is 59.9 Å². The molecule has 2 rings (SSSR count). The van der Waals surface area contributed by atoms with Crippen LogP contribution in [0.15, 0.2) is 53.4 Å². The highest BCUT2D eigenvalue weighted by molar-refractivity contribution is 7.91. The lowest BCUT2D eigenvalue weighted by Gasteiger charge is -2.15. The van der Waals surface area contributed by atoms with Gasteiger partial charge in [0.25, 0.3) is 0 Å². The lowest BCUT2D eigenvalue weighted by atomic mass is 10.1. The average Bonchev–Trinajstić information content (AvgIpc) is 2.60. The highest BCUT2D eigenvalue weighted by Gasteiger charge is 2.26. The molecule has 0 aliphatic rings. The van der Waals surface area contributed by atoms with Crippen LogP contribution in [0.4, 0.5) is 18.9 Å². The first-order valence-corrected chi connectivity index (χ1v) is 9.16. The molecule has 0 saturated carbocycles. The minimum absolute atomic E-state index is 0.118. The van der Waals surface area contributed by atoms with Gasteiger partial charge in [0.15, 0.2) is 0 Å². The van der Waals surface area contributed by atoms with Crippen molar-refractivity contribution in [2.75, 3.05) is 11.9 Å². The van der Waals surface area contributed by atoms with Gasteiger partial charge in [0, 0.05) is 17.3 Å². The number of carbonyl (C=O) groups excluding carboxylic acids is 1. The van der Waals surface area contributed by atoms with Gasteiger partial charge >= 0.3 is 5.76 Å². The predicted molar refractivity (Wildman–Crippen MR) is 91.1 cm³/mol. The number of anilines is 1. The Kier molecular flexibility index (Phi) is 6.38. The summed E-state index contributed by atoms with van der Waals surface area (Å²) in [5.74, 6) is -4.34. The van der Waals surface area contributed by atoms with E-state index in [0.717, 1.165) is 12.1 Å². The highest BCUT2D eigenvalue weighted by Crippen LogP contribution is 2.20. The van der Waals surface area contributed by atoms with Gasteiger partial charge in [-0.25, -0.2) is 12.8 Å². The number of rotatable bonds is 7. The topological polar surface area (TPSA) is 75.3 Å². The molecule has 2 aromatic rings. The number of carbonyl (C=O) groups is 1. The van der Waals surface area contributed by atoms with Crippen molar-refractivity contribution in [1.82, 2.24) is 5.32 Å². The Morgan fingerprint density at radius 1 is 1.08 bits per heavy atom. The maximum absolute atomic E-state index is 13.7. The van der Waals surface area contributed by atoms with Crippen molar-refractivity contribution in [1.29, 1.82) is 0 Å². The van der Waals surface area contributed by atoms with Crippen molar-refractivity contribution in [3.63, 3.8) is 0 Å². The Bertz CT molecular complexity index is 871. The number of halogens is 3. The number of amides is 1. The van der Waals surface area contributed by atoms with E-state index in [1.54, 1.807) is 25.1 Å². The molecule has 0 aromatic heterocycles. The highest BCUT2D eigenvalue weighted by atomic mass is 32.2. The van der Waals surface area contributed by atoms with Crippen LogP contribution in [0.3, 0.4) is 0 Å². The summed E-state index contributed by atoms with van der Waals surface area (Å²) in [6.07, 6.45) is 0. The average molecular weight is 386 g/mol. The summed E-state index contributed by atoms with van der Waals surface area (Å²) in [7, 11) is -4.67. The van der Waals surface area contributed by atoms with E-state index in [-0.39, 0.29) is 18.0 Å². The number of benzene rings is 2. The fourth-order valence-corrected chi connectivity index (χ4v) is 2.94.